The van der Waals surface area contributed by atoms with Gasteiger partial charge in [0.25, 0.3) is 0 Å². The van der Waals surface area contributed by atoms with Crippen LogP contribution in [0.1, 0.15) is 26.7 Å². The average Bonchev–Trinajstić information content (AvgIpc) is 2.86. The average molecular weight is 259 g/mol. The number of amidine groups is 1. The first-order valence-electron chi connectivity index (χ1n) is 5.88. The molecule has 4 N–H and O–H groups in total. The third kappa shape index (κ3) is 3.28. The molecule has 1 amide bonds. The van der Waals surface area contributed by atoms with Crippen LogP contribution >= 0.6 is 11.8 Å². The molecule has 0 bridgehead atoms. The number of nitrogens with two attached hydrogens (primary N) is 1. The van der Waals surface area contributed by atoms with Crippen LogP contribution in [-0.4, -0.2) is 35.0 Å². The number of nitrogens with one attached hydrogen (secondary N) is 1. The molecule has 1 fully saturated rings. The second-order valence-corrected chi connectivity index (χ2v) is 5.76. The summed E-state index contributed by atoms with van der Waals surface area (Å²) in [7, 11) is 0. The van der Waals surface area contributed by atoms with E-state index >= 15 is 0 Å². The molecule has 1 heterocycles. The number of hydrogen-bond donors (Lipinski definition) is 3. The molecular formula is C11H21N3O2S. The first-order valence-corrected chi connectivity index (χ1v) is 7.04. The van der Waals surface area contributed by atoms with Gasteiger partial charge in [-0.3, -0.25) is 4.79 Å². The molecule has 0 spiro atoms. The fraction of sp³-hybridized carbons (Fsp3) is 0.818. The maximum atomic E-state index is 12.1. The number of nitrogens with zero attached hydrogens (tertiary/aromatic N) is 1. The zero-order valence-electron chi connectivity index (χ0n) is 10.4. The van der Waals surface area contributed by atoms with Gasteiger partial charge in [-0.15, -0.1) is 0 Å². The van der Waals surface area contributed by atoms with E-state index in [4.69, 9.17) is 10.9 Å². The monoisotopic (exact) mass is 259 g/mol. The normalized spacial score (nSPS) is 24.4. The number of amides is 1. The Bertz CT molecular complexity index is 303. The van der Waals surface area contributed by atoms with Crippen molar-refractivity contribution in [3.05, 3.63) is 0 Å². The Balaban J connectivity index is 2.54. The van der Waals surface area contributed by atoms with E-state index in [-0.39, 0.29) is 11.7 Å². The Hall–Kier alpha value is -0.910. The third-order valence-corrected chi connectivity index (χ3v) is 4.69. The van der Waals surface area contributed by atoms with Crippen molar-refractivity contribution in [1.29, 1.82) is 0 Å². The molecule has 2 atom stereocenters. The van der Waals surface area contributed by atoms with Gasteiger partial charge in [-0.1, -0.05) is 12.1 Å². The van der Waals surface area contributed by atoms with Crippen molar-refractivity contribution in [3.63, 3.8) is 0 Å². The van der Waals surface area contributed by atoms with Crippen molar-refractivity contribution >= 4 is 23.5 Å². The van der Waals surface area contributed by atoms with Crippen molar-refractivity contribution in [1.82, 2.24) is 5.32 Å². The molecule has 98 valence electrons. The summed E-state index contributed by atoms with van der Waals surface area (Å²) < 4.78 is 0. The van der Waals surface area contributed by atoms with Gasteiger partial charge in [0.05, 0.1) is 0 Å². The number of rotatable bonds is 5. The first-order chi connectivity index (χ1) is 8.04. The van der Waals surface area contributed by atoms with Gasteiger partial charge < -0.3 is 16.3 Å². The fourth-order valence-corrected chi connectivity index (χ4v) is 3.03. The Morgan fingerprint density at radius 1 is 1.71 bits per heavy atom. The van der Waals surface area contributed by atoms with Crippen molar-refractivity contribution in [2.45, 2.75) is 26.7 Å². The van der Waals surface area contributed by atoms with Gasteiger partial charge in [-0.25, -0.2) is 0 Å². The smallest absolute Gasteiger partial charge is 0.233 e. The van der Waals surface area contributed by atoms with Gasteiger partial charge in [0.2, 0.25) is 5.91 Å². The highest BCUT2D eigenvalue weighted by Crippen LogP contribution is 2.24. The van der Waals surface area contributed by atoms with E-state index in [0.717, 1.165) is 12.2 Å². The molecule has 0 aromatic heterocycles. The minimum Gasteiger partial charge on any atom is -0.409 e. The minimum atomic E-state index is -0.916. The molecule has 2 unspecified atom stereocenters. The zero-order chi connectivity index (χ0) is 12.9. The van der Waals surface area contributed by atoms with Crippen LogP contribution in [0, 0.1) is 11.3 Å². The van der Waals surface area contributed by atoms with Crippen LogP contribution < -0.4 is 11.1 Å². The third-order valence-electron chi connectivity index (χ3n) is 3.46. The van der Waals surface area contributed by atoms with E-state index in [2.05, 4.69) is 10.5 Å². The van der Waals surface area contributed by atoms with Crippen LogP contribution in [0.3, 0.4) is 0 Å². The largest absolute Gasteiger partial charge is 0.409 e. The van der Waals surface area contributed by atoms with E-state index in [1.165, 1.54) is 5.75 Å². The fourth-order valence-electron chi connectivity index (χ4n) is 1.74. The Kier molecular flexibility index (Phi) is 5.11. The maximum absolute atomic E-state index is 12.1. The first kappa shape index (κ1) is 14.2. The zero-order valence-corrected chi connectivity index (χ0v) is 11.2. The van der Waals surface area contributed by atoms with Crippen LogP contribution in [0.15, 0.2) is 5.16 Å². The van der Waals surface area contributed by atoms with Gasteiger partial charge in [0.15, 0.2) is 5.84 Å². The standard InChI is InChI=1S/C11H21N3O2S/c1-3-11(2,9(12)14-16)10(15)13-6-8-4-5-17-7-8/h8,16H,3-7H2,1-2H3,(H2,12,14)(H,13,15). The van der Waals surface area contributed by atoms with E-state index < -0.39 is 5.41 Å². The predicted molar refractivity (Wildman–Crippen MR) is 70.2 cm³/mol. The van der Waals surface area contributed by atoms with Gasteiger partial charge in [0.1, 0.15) is 5.41 Å². The molecule has 1 rings (SSSR count). The van der Waals surface area contributed by atoms with E-state index in [1.807, 2.05) is 18.7 Å². The number of thioether (sulfide) groups is 1. The van der Waals surface area contributed by atoms with Gasteiger partial charge >= 0.3 is 0 Å². The molecule has 17 heavy (non-hydrogen) atoms. The summed E-state index contributed by atoms with van der Waals surface area (Å²) in [5.74, 6) is 2.64. The second-order valence-electron chi connectivity index (χ2n) is 4.61. The van der Waals surface area contributed by atoms with Gasteiger partial charge in [0, 0.05) is 6.54 Å². The molecule has 5 nitrogen and oxygen atoms in total. The number of oxime groups is 1. The molecule has 0 aromatic rings. The summed E-state index contributed by atoms with van der Waals surface area (Å²) in [5, 5.41) is 14.6. The van der Waals surface area contributed by atoms with Crippen LogP contribution in [0.5, 0.6) is 0 Å². The lowest BCUT2D eigenvalue weighted by molar-refractivity contribution is -0.127. The Morgan fingerprint density at radius 3 is 2.88 bits per heavy atom. The number of carbonyl (C=O) groups excluding carboxylic acids is 1. The maximum Gasteiger partial charge on any atom is 0.233 e. The lowest BCUT2D eigenvalue weighted by atomic mass is 9.85. The second kappa shape index (κ2) is 6.14. The quantitative estimate of drug-likeness (QED) is 0.298. The summed E-state index contributed by atoms with van der Waals surface area (Å²) in [6, 6.07) is 0. The summed E-state index contributed by atoms with van der Waals surface area (Å²) in [4.78, 5) is 12.1. The van der Waals surface area contributed by atoms with Crippen LogP contribution in [0.25, 0.3) is 0 Å². The summed E-state index contributed by atoms with van der Waals surface area (Å²) >= 11 is 1.92. The van der Waals surface area contributed by atoms with E-state index in [9.17, 15) is 4.79 Å². The Morgan fingerprint density at radius 2 is 2.41 bits per heavy atom. The van der Waals surface area contributed by atoms with Gasteiger partial charge in [-0.2, -0.15) is 11.8 Å². The van der Waals surface area contributed by atoms with Crippen molar-refractivity contribution in [2.24, 2.45) is 22.2 Å². The van der Waals surface area contributed by atoms with Crippen LogP contribution in [-0.2, 0) is 4.79 Å². The molecule has 1 aliphatic heterocycles. The molecule has 0 saturated carbocycles. The summed E-state index contributed by atoms with van der Waals surface area (Å²) in [6.45, 7) is 4.23. The van der Waals surface area contributed by atoms with Crippen molar-refractivity contribution in [2.75, 3.05) is 18.1 Å². The number of carbonyl (C=O) groups is 1. The Labute approximate surface area is 106 Å². The van der Waals surface area contributed by atoms with Crippen LogP contribution in [0.2, 0.25) is 0 Å². The summed E-state index contributed by atoms with van der Waals surface area (Å²) in [6.07, 6.45) is 1.66. The molecule has 0 aliphatic carbocycles. The topological polar surface area (TPSA) is 87.7 Å². The van der Waals surface area contributed by atoms with Crippen molar-refractivity contribution in [3.8, 4) is 0 Å². The highest BCUT2D eigenvalue weighted by atomic mass is 32.2. The van der Waals surface area contributed by atoms with E-state index in [0.29, 0.717) is 18.9 Å². The lowest BCUT2D eigenvalue weighted by Crippen LogP contribution is -2.48. The van der Waals surface area contributed by atoms with E-state index in [1.54, 1.807) is 6.92 Å². The molecule has 0 aromatic carbocycles. The molecule has 1 aliphatic rings. The molecule has 1 saturated heterocycles. The number of hydrogen-bond acceptors (Lipinski definition) is 4. The predicted octanol–water partition coefficient (Wildman–Crippen LogP) is 1.02. The van der Waals surface area contributed by atoms with Crippen molar-refractivity contribution < 1.29 is 10.0 Å². The van der Waals surface area contributed by atoms with Gasteiger partial charge in [-0.05, 0) is 37.2 Å². The SMILES string of the molecule is CCC(C)(C(=O)NCC1CCSC1)C(N)=NO. The highest BCUT2D eigenvalue weighted by Gasteiger charge is 2.36. The molecule has 6 heteroatoms. The molecular weight excluding hydrogens is 238 g/mol. The molecule has 0 radical (unpaired) electrons. The minimum absolute atomic E-state index is 0.0294. The lowest BCUT2D eigenvalue weighted by Gasteiger charge is -2.26. The van der Waals surface area contributed by atoms with Crippen LogP contribution in [0.4, 0.5) is 0 Å². The summed E-state index contributed by atoms with van der Waals surface area (Å²) in [5.41, 5.74) is 4.67. The highest BCUT2D eigenvalue weighted by molar-refractivity contribution is 7.99.